The summed E-state index contributed by atoms with van der Waals surface area (Å²) in [6.45, 7) is 3.62. The van der Waals surface area contributed by atoms with Crippen LogP contribution in [0.5, 0.6) is 0 Å². The zero-order valence-corrected chi connectivity index (χ0v) is 13.9. The second-order valence-corrected chi connectivity index (χ2v) is 7.30. The molecule has 0 unspecified atom stereocenters. The van der Waals surface area contributed by atoms with Crippen molar-refractivity contribution in [3.05, 3.63) is 27.7 Å². The Balaban J connectivity index is 0.00000289. The highest BCUT2D eigenvalue weighted by molar-refractivity contribution is 9.10. The Kier molecular flexibility index (Phi) is 6.60. The van der Waals surface area contributed by atoms with Gasteiger partial charge >= 0.3 is 0 Å². The molecule has 0 aliphatic rings. The fourth-order valence-corrected chi connectivity index (χ4v) is 3.51. The number of rotatable bonds is 4. The monoisotopic (exact) mass is 376 g/mol. The van der Waals surface area contributed by atoms with Crippen molar-refractivity contribution in [1.82, 2.24) is 4.72 Å². The maximum atomic E-state index is 12.0. The van der Waals surface area contributed by atoms with E-state index in [1.807, 2.05) is 0 Å². The van der Waals surface area contributed by atoms with Crippen molar-refractivity contribution in [2.45, 2.75) is 24.3 Å². The van der Waals surface area contributed by atoms with Crippen LogP contribution in [0.2, 0.25) is 5.02 Å². The molecule has 1 aromatic rings. The van der Waals surface area contributed by atoms with Gasteiger partial charge in [-0.2, -0.15) is 0 Å². The van der Waals surface area contributed by atoms with E-state index in [1.165, 1.54) is 6.07 Å². The predicted molar refractivity (Wildman–Crippen MR) is 79.9 cm³/mol. The zero-order valence-electron chi connectivity index (χ0n) is 9.91. The third-order valence-electron chi connectivity index (χ3n) is 1.92. The topological polar surface area (TPSA) is 72.2 Å². The number of sulfonamides is 1. The molecule has 0 aromatic heterocycles. The van der Waals surface area contributed by atoms with Crippen LogP contribution >= 0.6 is 39.9 Å². The average molecular weight is 378 g/mol. The lowest BCUT2D eigenvalue weighted by molar-refractivity contribution is 0.498. The van der Waals surface area contributed by atoms with Crippen LogP contribution in [-0.4, -0.2) is 20.5 Å². The lowest BCUT2D eigenvalue weighted by Gasteiger charge is -2.19. The fourth-order valence-electron chi connectivity index (χ4n) is 1.05. The van der Waals surface area contributed by atoms with Crippen LogP contribution in [0.4, 0.5) is 0 Å². The largest absolute Gasteiger partial charge is 0.324 e. The maximum Gasteiger partial charge on any atom is 0.241 e. The summed E-state index contributed by atoms with van der Waals surface area (Å²) < 4.78 is 26.8. The van der Waals surface area contributed by atoms with Crippen LogP contribution in [0, 0.1) is 0 Å². The number of benzene rings is 1. The van der Waals surface area contributed by atoms with Crippen molar-refractivity contribution < 1.29 is 8.42 Å². The van der Waals surface area contributed by atoms with Crippen molar-refractivity contribution in [3.63, 3.8) is 0 Å². The van der Waals surface area contributed by atoms with Crippen LogP contribution in [0.1, 0.15) is 13.8 Å². The van der Waals surface area contributed by atoms with Gasteiger partial charge in [-0.1, -0.05) is 17.7 Å². The molecule has 0 spiro atoms. The Morgan fingerprint density at radius 1 is 1.44 bits per heavy atom. The standard InChI is InChI=1S/C10H14BrClN2O2S.ClH/c1-10(2,13)6-14-17(15,16)8-5-3-4-7(12)9(8)11;/h3-5,14H,6,13H2,1-2H3;1H. The fraction of sp³-hybridized carbons (Fsp3) is 0.400. The van der Waals surface area contributed by atoms with E-state index in [-0.39, 0.29) is 23.8 Å². The molecular weight excluding hydrogens is 363 g/mol. The maximum absolute atomic E-state index is 12.0. The molecule has 0 saturated heterocycles. The van der Waals surface area contributed by atoms with Gasteiger partial charge in [0.25, 0.3) is 0 Å². The normalized spacial score (nSPS) is 12.1. The minimum absolute atomic E-state index is 0. The number of hydrogen-bond acceptors (Lipinski definition) is 3. The molecule has 4 nitrogen and oxygen atoms in total. The third kappa shape index (κ3) is 5.03. The summed E-state index contributed by atoms with van der Waals surface area (Å²) in [5, 5.41) is 0.347. The first kappa shape index (κ1) is 18.1. The quantitative estimate of drug-likeness (QED) is 0.846. The van der Waals surface area contributed by atoms with E-state index < -0.39 is 15.6 Å². The van der Waals surface area contributed by atoms with E-state index in [4.69, 9.17) is 17.3 Å². The van der Waals surface area contributed by atoms with Crippen LogP contribution in [-0.2, 0) is 10.0 Å². The molecular formula is C10H15BrCl2N2O2S. The Morgan fingerprint density at radius 3 is 2.50 bits per heavy atom. The molecule has 18 heavy (non-hydrogen) atoms. The van der Waals surface area contributed by atoms with E-state index in [0.717, 1.165) is 0 Å². The van der Waals surface area contributed by atoms with Gasteiger partial charge in [-0.3, -0.25) is 0 Å². The van der Waals surface area contributed by atoms with E-state index in [9.17, 15) is 8.42 Å². The van der Waals surface area contributed by atoms with Crippen molar-refractivity contribution in [2.24, 2.45) is 5.73 Å². The first-order valence-corrected chi connectivity index (χ1v) is 7.51. The summed E-state index contributed by atoms with van der Waals surface area (Å²) in [4.78, 5) is 0.106. The smallest absolute Gasteiger partial charge is 0.241 e. The molecule has 3 N–H and O–H groups in total. The third-order valence-corrected chi connectivity index (χ3v) is 5.03. The molecule has 0 aliphatic heterocycles. The van der Waals surface area contributed by atoms with E-state index in [2.05, 4.69) is 20.7 Å². The Hall–Kier alpha value is 0.150. The van der Waals surface area contributed by atoms with E-state index >= 15 is 0 Å². The van der Waals surface area contributed by atoms with Gasteiger partial charge < -0.3 is 5.73 Å². The van der Waals surface area contributed by atoms with Gasteiger partial charge in [0.1, 0.15) is 0 Å². The number of nitrogens with one attached hydrogen (secondary N) is 1. The van der Waals surface area contributed by atoms with Gasteiger partial charge in [0, 0.05) is 12.1 Å². The van der Waals surface area contributed by atoms with Crippen LogP contribution < -0.4 is 10.5 Å². The van der Waals surface area contributed by atoms with Crippen LogP contribution in [0.25, 0.3) is 0 Å². The van der Waals surface area contributed by atoms with Crippen LogP contribution in [0.15, 0.2) is 27.6 Å². The second kappa shape index (κ2) is 6.54. The van der Waals surface area contributed by atoms with Crippen molar-refractivity contribution in [3.8, 4) is 0 Å². The SMILES string of the molecule is CC(C)(N)CNS(=O)(=O)c1cccc(Cl)c1Br.Cl. The molecule has 8 heteroatoms. The summed E-state index contributed by atoms with van der Waals surface area (Å²) in [6.07, 6.45) is 0. The molecule has 0 bridgehead atoms. The highest BCUT2D eigenvalue weighted by Gasteiger charge is 2.21. The Labute approximate surface area is 127 Å². The van der Waals surface area contributed by atoms with E-state index in [0.29, 0.717) is 9.50 Å². The zero-order chi connectivity index (χ0) is 13.3. The molecule has 0 amide bonds. The summed E-state index contributed by atoms with van der Waals surface area (Å²) in [6, 6.07) is 4.66. The van der Waals surface area contributed by atoms with Gasteiger partial charge in [-0.15, -0.1) is 12.4 Å². The Bertz CT molecular complexity index is 515. The molecule has 0 heterocycles. The summed E-state index contributed by atoms with van der Waals surface area (Å²) in [7, 11) is -3.61. The second-order valence-electron chi connectivity index (χ2n) is 4.37. The van der Waals surface area contributed by atoms with Gasteiger partial charge in [0.05, 0.1) is 14.4 Å². The summed E-state index contributed by atoms with van der Waals surface area (Å²) in [5.74, 6) is 0. The van der Waals surface area contributed by atoms with Gasteiger partial charge in [0.2, 0.25) is 10.0 Å². The molecule has 104 valence electrons. The van der Waals surface area contributed by atoms with Gasteiger partial charge in [-0.05, 0) is 41.9 Å². The molecule has 0 atom stereocenters. The predicted octanol–water partition coefficient (Wildman–Crippen LogP) is 2.54. The minimum atomic E-state index is -3.61. The highest BCUT2D eigenvalue weighted by atomic mass is 79.9. The first-order valence-electron chi connectivity index (χ1n) is 4.86. The first-order chi connectivity index (χ1) is 7.63. The summed E-state index contributed by atoms with van der Waals surface area (Å²) >= 11 is 9.00. The number of hydrogen-bond donors (Lipinski definition) is 2. The molecule has 1 rings (SSSR count). The molecule has 0 fully saturated rings. The minimum Gasteiger partial charge on any atom is -0.324 e. The van der Waals surface area contributed by atoms with Gasteiger partial charge in [0.15, 0.2) is 0 Å². The number of nitrogens with two attached hydrogens (primary N) is 1. The molecule has 0 saturated carbocycles. The van der Waals surface area contributed by atoms with Crippen molar-refractivity contribution in [1.29, 1.82) is 0 Å². The lowest BCUT2D eigenvalue weighted by Crippen LogP contribution is -2.45. The highest BCUT2D eigenvalue weighted by Crippen LogP contribution is 2.29. The van der Waals surface area contributed by atoms with Crippen LogP contribution in [0.3, 0.4) is 0 Å². The molecule has 1 aromatic carbocycles. The molecule has 0 aliphatic carbocycles. The molecule has 0 radical (unpaired) electrons. The summed E-state index contributed by atoms with van der Waals surface area (Å²) in [5.41, 5.74) is 5.11. The Morgan fingerprint density at radius 2 is 2.00 bits per heavy atom. The van der Waals surface area contributed by atoms with Crippen molar-refractivity contribution >= 4 is 50.0 Å². The van der Waals surface area contributed by atoms with Crippen molar-refractivity contribution in [2.75, 3.05) is 6.54 Å². The lowest BCUT2D eigenvalue weighted by atomic mass is 10.1. The van der Waals surface area contributed by atoms with Gasteiger partial charge in [-0.25, -0.2) is 13.1 Å². The van der Waals surface area contributed by atoms with E-state index in [1.54, 1.807) is 26.0 Å². The average Bonchev–Trinajstić information content (AvgIpc) is 2.18. The number of halogens is 3.